The normalized spacial score (nSPS) is 21.8. The molecule has 5 heteroatoms. The van der Waals surface area contributed by atoms with Gasteiger partial charge in [0, 0.05) is 24.2 Å². The Bertz CT molecular complexity index is 1000. The first kappa shape index (κ1) is 14.4. The number of nitrogens with one attached hydrogen (secondary N) is 1. The lowest BCUT2D eigenvalue weighted by atomic mass is 9.90. The third-order valence-corrected chi connectivity index (χ3v) is 5.20. The Hall–Kier alpha value is -2.92. The van der Waals surface area contributed by atoms with Crippen LogP contribution in [0.3, 0.4) is 0 Å². The molecule has 2 aliphatic rings. The summed E-state index contributed by atoms with van der Waals surface area (Å²) in [6, 6.07) is 15.9. The summed E-state index contributed by atoms with van der Waals surface area (Å²) in [5, 5.41) is 4.23. The number of hydrogen-bond acceptors (Lipinski definition) is 4. The molecule has 0 saturated heterocycles. The summed E-state index contributed by atoms with van der Waals surface area (Å²) in [6.07, 6.45) is 2.48. The number of pyridine rings is 1. The summed E-state index contributed by atoms with van der Waals surface area (Å²) in [5.74, 6) is -0.0431. The Balaban J connectivity index is 1.66. The quantitative estimate of drug-likeness (QED) is 0.720. The van der Waals surface area contributed by atoms with E-state index in [1.807, 2.05) is 42.5 Å². The van der Waals surface area contributed by atoms with E-state index >= 15 is 0 Å². The second-order valence-corrected chi connectivity index (χ2v) is 6.66. The summed E-state index contributed by atoms with van der Waals surface area (Å²) in [4.78, 5) is 19.3. The molecule has 3 N–H and O–H groups in total. The molecule has 0 radical (unpaired) electrons. The van der Waals surface area contributed by atoms with Gasteiger partial charge in [0.1, 0.15) is 6.17 Å². The monoisotopic (exact) mass is 330 g/mol. The molecule has 1 aromatic heterocycles. The van der Waals surface area contributed by atoms with Crippen molar-refractivity contribution in [1.29, 1.82) is 0 Å². The molecule has 3 heterocycles. The first-order chi connectivity index (χ1) is 12.2. The number of para-hydroxylation sites is 1. The summed E-state index contributed by atoms with van der Waals surface area (Å²) in [5.41, 5.74) is 11.1. The minimum Gasteiger partial charge on any atom is -0.346 e. The lowest BCUT2D eigenvalue weighted by Gasteiger charge is -2.44. The Morgan fingerprint density at radius 2 is 2.08 bits per heavy atom. The number of fused-ring (bicyclic) bond motifs is 1. The number of benzene rings is 2. The van der Waals surface area contributed by atoms with Crippen molar-refractivity contribution >= 4 is 22.5 Å². The summed E-state index contributed by atoms with van der Waals surface area (Å²) >= 11 is 0. The minimum atomic E-state index is -0.182. The van der Waals surface area contributed by atoms with Crippen LogP contribution >= 0.6 is 0 Å². The van der Waals surface area contributed by atoms with Gasteiger partial charge < -0.3 is 16.0 Å². The molecule has 2 atom stereocenters. The molecule has 0 bridgehead atoms. The van der Waals surface area contributed by atoms with Crippen LogP contribution in [0.15, 0.2) is 54.7 Å². The van der Waals surface area contributed by atoms with Crippen molar-refractivity contribution in [2.24, 2.45) is 5.73 Å². The highest BCUT2D eigenvalue weighted by Gasteiger charge is 2.37. The standard InChI is InChI=1S/C20H18N4O/c21-16-8-10-24-18-14(16)4-1-5-15(18)20(25)23-19(24)13-6-7-17-12(11-13)3-2-9-22-17/h1-7,9,11,16,19H,8,10,21H2,(H,23,25)/t16-,19+/m0/s1. The van der Waals surface area contributed by atoms with Gasteiger partial charge in [-0.05, 0) is 41.8 Å². The molecule has 5 nitrogen and oxygen atoms in total. The number of hydrogen-bond donors (Lipinski definition) is 2. The van der Waals surface area contributed by atoms with Gasteiger partial charge in [-0.15, -0.1) is 0 Å². The first-order valence-electron chi connectivity index (χ1n) is 8.53. The van der Waals surface area contributed by atoms with E-state index in [2.05, 4.69) is 21.3 Å². The first-order valence-corrected chi connectivity index (χ1v) is 8.53. The number of carbonyl (C=O) groups is 1. The fraction of sp³-hybridized carbons (Fsp3) is 0.200. The van der Waals surface area contributed by atoms with Gasteiger partial charge in [0.25, 0.3) is 5.91 Å². The smallest absolute Gasteiger partial charge is 0.255 e. The van der Waals surface area contributed by atoms with Gasteiger partial charge in [-0.3, -0.25) is 9.78 Å². The Morgan fingerprint density at radius 1 is 1.16 bits per heavy atom. The van der Waals surface area contributed by atoms with Crippen molar-refractivity contribution in [3.05, 3.63) is 71.4 Å². The minimum absolute atomic E-state index is 0.0152. The third-order valence-electron chi connectivity index (χ3n) is 5.20. The van der Waals surface area contributed by atoms with Crippen molar-refractivity contribution in [2.75, 3.05) is 11.4 Å². The number of carbonyl (C=O) groups excluding carboxylic acids is 1. The topological polar surface area (TPSA) is 71.2 Å². The molecular weight excluding hydrogens is 312 g/mol. The summed E-state index contributed by atoms with van der Waals surface area (Å²) < 4.78 is 0. The third kappa shape index (κ3) is 2.13. The zero-order valence-electron chi connectivity index (χ0n) is 13.6. The average Bonchev–Trinajstić information content (AvgIpc) is 2.66. The van der Waals surface area contributed by atoms with Crippen LogP contribution in [0.2, 0.25) is 0 Å². The van der Waals surface area contributed by atoms with E-state index in [1.165, 1.54) is 0 Å². The Morgan fingerprint density at radius 3 is 3.00 bits per heavy atom. The van der Waals surface area contributed by atoms with Gasteiger partial charge in [-0.25, -0.2) is 0 Å². The van der Waals surface area contributed by atoms with Crippen molar-refractivity contribution < 1.29 is 4.79 Å². The molecule has 0 unspecified atom stereocenters. The molecule has 2 aromatic carbocycles. The van der Waals surface area contributed by atoms with Crippen LogP contribution in [-0.4, -0.2) is 17.4 Å². The average molecular weight is 330 g/mol. The number of rotatable bonds is 1. The van der Waals surface area contributed by atoms with Crippen LogP contribution in [0.4, 0.5) is 5.69 Å². The van der Waals surface area contributed by atoms with Crippen LogP contribution < -0.4 is 16.0 Å². The number of amides is 1. The van der Waals surface area contributed by atoms with Crippen LogP contribution in [0, 0.1) is 0 Å². The van der Waals surface area contributed by atoms with Crippen molar-refractivity contribution in [2.45, 2.75) is 18.6 Å². The Labute approximate surface area is 145 Å². The predicted molar refractivity (Wildman–Crippen MR) is 97.3 cm³/mol. The van der Waals surface area contributed by atoms with Crippen LogP contribution in [0.25, 0.3) is 10.9 Å². The Kier molecular flexibility index (Phi) is 3.05. The molecule has 3 aromatic rings. The molecule has 124 valence electrons. The van der Waals surface area contributed by atoms with E-state index in [4.69, 9.17) is 5.73 Å². The van der Waals surface area contributed by atoms with Gasteiger partial charge in [-0.2, -0.15) is 0 Å². The second kappa shape index (κ2) is 5.29. The van der Waals surface area contributed by atoms with Gasteiger partial charge in [0.05, 0.1) is 16.8 Å². The molecular formula is C20H18N4O. The molecule has 0 saturated carbocycles. The summed E-state index contributed by atoms with van der Waals surface area (Å²) in [7, 11) is 0. The maximum atomic E-state index is 12.7. The van der Waals surface area contributed by atoms with Gasteiger partial charge in [-0.1, -0.05) is 24.3 Å². The van der Waals surface area contributed by atoms with Gasteiger partial charge >= 0.3 is 0 Å². The lowest BCUT2D eigenvalue weighted by Crippen LogP contribution is -2.49. The van der Waals surface area contributed by atoms with Gasteiger partial charge in [0.15, 0.2) is 0 Å². The maximum absolute atomic E-state index is 12.7. The lowest BCUT2D eigenvalue weighted by molar-refractivity contribution is 0.0925. The number of anilines is 1. The zero-order valence-corrected chi connectivity index (χ0v) is 13.6. The number of nitrogens with zero attached hydrogens (tertiary/aromatic N) is 2. The van der Waals surface area contributed by atoms with E-state index in [0.29, 0.717) is 5.56 Å². The molecule has 1 amide bonds. The van der Waals surface area contributed by atoms with E-state index in [1.54, 1.807) is 6.20 Å². The van der Waals surface area contributed by atoms with E-state index in [-0.39, 0.29) is 18.1 Å². The molecule has 0 spiro atoms. The van der Waals surface area contributed by atoms with Gasteiger partial charge in [0.2, 0.25) is 0 Å². The molecule has 0 aliphatic carbocycles. The van der Waals surface area contributed by atoms with Crippen molar-refractivity contribution in [1.82, 2.24) is 10.3 Å². The number of nitrogens with two attached hydrogens (primary N) is 1. The fourth-order valence-corrected chi connectivity index (χ4v) is 3.98. The number of aromatic nitrogens is 1. The van der Waals surface area contributed by atoms with E-state index < -0.39 is 0 Å². The van der Waals surface area contributed by atoms with Crippen LogP contribution in [-0.2, 0) is 0 Å². The van der Waals surface area contributed by atoms with E-state index in [0.717, 1.165) is 40.7 Å². The fourth-order valence-electron chi connectivity index (χ4n) is 3.98. The predicted octanol–water partition coefficient (Wildman–Crippen LogP) is 2.89. The SMILES string of the molecule is N[C@H]1CCN2c3c(cccc31)C(=O)N[C@H]2c1ccc2ncccc2c1. The van der Waals surface area contributed by atoms with Crippen LogP contribution in [0.1, 0.15) is 40.1 Å². The molecule has 5 rings (SSSR count). The largest absolute Gasteiger partial charge is 0.346 e. The van der Waals surface area contributed by atoms with Crippen LogP contribution in [0.5, 0.6) is 0 Å². The second-order valence-electron chi connectivity index (χ2n) is 6.66. The molecule has 0 fully saturated rings. The zero-order chi connectivity index (χ0) is 17.0. The molecule has 2 aliphatic heterocycles. The summed E-state index contributed by atoms with van der Waals surface area (Å²) in [6.45, 7) is 0.821. The van der Waals surface area contributed by atoms with Crippen molar-refractivity contribution in [3.8, 4) is 0 Å². The van der Waals surface area contributed by atoms with Crippen molar-refractivity contribution in [3.63, 3.8) is 0 Å². The maximum Gasteiger partial charge on any atom is 0.255 e. The highest BCUT2D eigenvalue weighted by molar-refractivity contribution is 6.03. The van der Waals surface area contributed by atoms with E-state index in [9.17, 15) is 4.79 Å². The molecule has 25 heavy (non-hydrogen) atoms. The highest BCUT2D eigenvalue weighted by atomic mass is 16.2. The highest BCUT2D eigenvalue weighted by Crippen LogP contribution is 2.42.